The number of rotatable bonds is 3. The van der Waals surface area contributed by atoms with Crippen molar-refractivity contribution in [3.63, 3.8) is 0 Å². The number of nitrogens with zero attached hydrogens (tertiary/aromatic N) is 3. The summed E-state index contributed by atoms with van der Waals surface area (Å²) in [4.78, 5) is 16.2. The summed E-state index contributed by atoms with van der Waals surface area (Å²) >= 11 is 0. The van der Waals surface area contributed by atoms with E-state index in [1.807, 2.05) is 13.0 Å². The second kappa shape index (κ2) is 6.39. The van der Waals surface area contributed by atoms with Gasteiger partial charge in [-0.05, 0) is 37.3 Å². The van der Waals surface area contributed by atoms with Crippen molar-refractivity contribution in [3.8, 4) is 5.69 Å². The lowest BCUT2D eigenvalue weighted by molar-refractivity contribution is -0.137. The number of alkyl halides is 3. The zero-order chi connectivity index (χ0) is 18.0. The summed E-state index contributed by atoms with van der Waals surface area (Å²) in [7, 11) is 0. The molecule has 2 aromatic carbocycles. The maximum atomic E-state index is 13.0. The molecular formula is C17H13F3N4O. The molecule has 0 aliphatic carbocycles. The first kappa shape index (κ1) is 16.7. The third kappa shape index (κ3) is 3.68. The van der Waals surface area contributed by atoms with Crippen LogP contribution in [0.2, 0.25) is 0 Å². The first-order valence-corrected chi connectivity index (χ1v) is 7.29. The van der Waals surface area contributed by atoms with Crippen LogP contribution >= 0.6 is 0 Å². The van der Waals surface area contributed by atoms with E-state index < -0.39 is 17.6 Å². The van der Waals surface area contributed by atoms with Crippen LogP contribution in [-0.2, 0) is 6.18 Å². The lowest BCUT2D eigenvalue weighted by Crippen LogP contribution is -2.15. The highest BCUT2D eigenvalue weighted by molar-refractivity contribution is 6.05. The van der Waals surface area contributed by atoms with E-state index in [2.05, 4.69) is 15.4 Å². The molecule has 0 atom stereocenters. The predicted octanol–water partition coefficient (Wildman–Crippen LogP) is 3.85. The normalized spacial score (nSPS) is 11.4. The Bertz CT molecular complexity index is 905. The lowest BCUT2D eigenvalue weighted by Gasteiger charge is -2.14. The number of aromatic nitrogens is 3. The molecule has 1 heterocycles. The summed E-state index contributed by atoms with van der Waals surface area (Å²) in [6.45, 7) is 1.82. The van der Waals surface area contributed by atoms with Crippen LogP contribution in [0.1, 0.15) is 21.5 Å². The second-order valence-corrected chi connectivity index (χ2v) is 5.39. The van der Waals surface area contributed by atoms with E-state index in [1.54, 1.807) is 18.2 Å². The molecule has 1 N–H and O–H groups in total. The fourth-order valence-electron chi connectivity index (χ4n) is 2.33. The fraction of sp³-hybridized carbons (Fsp3) is 0.118. The van der Waals surface area contributed by atoms with E-state index in [-0.39, 0.29) is 11.4 Å². The Morgan fingerprint density at radius 1 is 1.16 bits per heavy atom. The number of benzene rings is 2. The van der Waals surface area contributed by atoms with E-state index in [0.29, 0.717) is 5.56 Å². The topological polar surface area (TPSA) is 59.8 Å². The molecule has 1 aromatic heterocycles. The number of hydrogen-bond acceptors (Lipinski definition) is 3. The van der Waals surface area contributed by atoms with Gasteiger partial charge in [-0.1, -0.05) is 17.7 Å². The number of nitrogens with one attached hydrogen (secondary N) is 1. The number of aryl methyl sites for hydroxylation is 1. The van der Waals surface area contributed by atoms with Crippen molar-refractivity contribution in [2.24, 2.45) is 0 Å². The summed E-state index contributed by atoms with van der Waals surface area (Å²) in [5.41, 5.74) is 0.629. The van der Waals surface area contributed by atoms with Crippen LogP contribution in [0.5, 0.6) is 0 Å². The molecule has 0 aliphatic rings. The van der Waals surface area contributed by atoms with Gasteiger partial charge in [-0.15, -0.1) is 0 Å². The average molecular weight is 346 g/mol. The summed E-state index contributed by atoms with van der Waals surface area (Å²) in [6, 6.07) is 9.81. The molecule has 0 unspecified atom stereocenters. The van der Waals surface area contributed by atoms with Gasteiger partial charge in [0.2, 0.25) is 0 Å². The first-order valence-electron chi connectivity index (χ1n) is 7.29. The molecule has 0 spiro atoms. The zero-order valence-electron chi connectivity index (χ0n) is 13.1. The minimum atomic E-state index is -4.52. The molecular weight excluding hydrogens is 333 g/mol. The summed E-state index contributed by atoms with van der Waals surface area (Å²) in [6.07, 6.45) is -1.93. The van der Waals surface area contributed by atoms with Crippen molar-refractivity contribution in [2.75, 3.05) is 5.32 Å². The average Bonchev–Trinajstić information content (AvgIpc) is 3.08. The van der Waals surface area contributed by atoms with Gasteiger partial charge in [-0.25, -0.2) is 9.67 Å². The van der Waals surface area contributed by atoms with Crippen LogP contribution in [0, 0.1) is 6.92 Å². The molecule has 5 nitrogen and oxygen atoms in total. The van der Waals surface area contributed by atoms with Gasteiger partial charge in [-0.3, -0.25) is 4.79 Å². The maximum absolute atomic E-state index is 13.0. The van der Waals surface area contributed by atoms with Crippen LogP contribution in [-0.4, -0.2) is 20.7 Å². The number of carbonyl (C=O) groups is 1. The van der Waals surface area contributed by atoms with E-state index in [1.165, 1.54) is 23.4 Å². The number of anilines is 1. The Balaban J connectivity index is 2.01. The van der Waals surface area contributed by atoms with Gasteiger partial charge in [0.25, 0.3) is 5.91 Å². The number of amides is 1. The molecule has 8 heteroatoms. The number of carbonyl (C=O) groups excluding carboxylic acids is 1. The predicted molar refractivity (Wildman–Crippen MR) is 85.5 cm³/mol. The summed E-state index contributed by atoms with van der Waals surface area (Å²) < 4.78 is 40.3. The van der Waals surface area contributed by atoms with Crippen molar-refractivity contribution in [1.29, 1.82) is 0 Å². The van der Waals surface area contributed by atoms with Gasteiger partial charge >= 0.3 is 6.18 Å². The lowest BCUT2D eigenvalue weighted by atomic mass is 10.1. The van der Waals surface area contributed by atoms with E-state index in [0.717, 1.165) is 17.7 Å². The highest BCUT2D eigenvalue weighted by Crippen LogP contribution is 2.33. The maximum Gasteiger partial charge on any atom is 0.416 e. The Hall–Kier alpha value is -3.16. The minimum absolute atomic E-state index is 0.00756. The third-order valence-electron chi connectivity index (χ3n) is 3.52. The van der Waals surface area contributed by atoms with Crippen molar-refractivity contribution in [1.82, 2.24) is 14.8 Å². The van der Waals surface area contributed by atoms with Gasteiger partial charge in [-0.2, -0.15) is 18.3 Å². The Morgan fingerprint density at radius 2 is 1.96 bits per heavy atom. The summed E-state index contributed by atoms with van der Waals surface area (Å²) in [5, 5.41) is 6.43. The van der Waals surface area contributed by atoms with E-state index in [9.17, 15) is 18.0 Å². The van der Waals surface area contributed by atoms with Gasteiger partial charge in [0.05, 0.1) is 16.9 Å². The van der Waals surface area contributed by atoms with Gasteiger partial charge < -0.3 is 5.32 Å². The molecule has 0 bridgehead atoms. The van der Waals surface area contributed by atoms with E-state index in [4.69, 9.17) is 0 Å². The molecule has 3 rings (SSSR count). The molecule has 3 aromatic rings. The van der Waals surface area contributed by atoms with Crippen LogP contribution in [0.4, 0.5) is 18.9 Å². The van der Waals surface area contributed by atoms with Crippen molar-refractivity contribution < 1.29 is 18.0 Å². The van der Waals surface area contributed by atoms with Crippen LogP contribution in [0.25, 0.3) is 5.69 Å². The smallest absolute Gasteiger partial charge is 0.320 e. The molecule has 0 fully saturated rings. The minimum Gasteiger partial charge on any atom is -0.320 e. The van der Waals surface area contributed by atoms with Crippen LogP contribution < -0.4 is 5.32 Å². The quantitative estimate of drug-likeness (QED) is 0.784. The highest BCUT2D eigenvalue weighted by Gasteiger charge is 2.31. The monoisotopic (exact) mass is 346 g/mol. The Morgan fingerprint density at radius 3 is 2.60 bits per heavy atom. The Kier molecular flexibility index (Phi) is 4.26. The highest BCUT2D eigenvalue weighted by atomic mass is 19.4. The molecule has 0 saturated carbocycles. The zero-order valence-corrected chi connectivity index (χ0v) is 13.1. The van der Waals surface area contributed by atoms with Gasteiger partial charge in [0, 0.05) is 5.56 Å². The standard InChI is InChI=1S/C17H13F3N4O/c1-11-3-2-4-12(7-11)16(25)23-14-8-13(17(18,19)20)5-6-15(14)24-10-21-9-22-24/h2-10H,1H3,(H,23,25). The van der Waals surface area contributed by atoms with Crippen LogP contribution in [0.3, 0.4) is 0 Å². The third-order valence-corrected chi connectivity index (χ3v) is 3.52. The first-order chi connectivity index (χ1) is 11.8. The second-order valence-electron chi connectivity index (χ2n) is 5.39. The van der Waals surface area contributed by atoms with Crippen molar-refractivity contribution in [3.05, 3.63) is 71.8 Å². The Labute approximate surface area is 141 Å². The largest absolute Gasteiger partial charge is 0.416 e. The number of hydrogen-bond donors (Lipinski definition) is 1. The molecule has 0 saturated heterocycles. The number of halogens is 3. The SMILES string of the molecule is Cc1cccc(C(=O)Nc2cc(C(F)(F)F)ccc2-n2cncn2)c1. The van der Waals surface area contributed by atoms with Crippen LogP contribution in [0.15, 0.2) is 55.1 Å². The summed E-state index contributed by atoms with van der Waals surface area (Å²) in [5.74, 6) is -0.510. The fourth-order valence-corrected chi connectivity index (χ4v) is 2.33. The van der Waals surface area contributed by atoms with Gasteiger partial charge in [0.15, 0.2) is 0 Å². The molecule has 0 aliphatic heterocycles. The molecule has 1 amide bonds. The van der Waals surface area contributed by atoms with Crippen molar-refractivity contribution >= 4 is 11.6 Å². The van der Waals surface area contributed by atoms with Crippen molar-refractivity contribution in [2.45, 2.75) is 13.1 Å². The molecule has 0 radical (unpaired) electrons. The van der Waals surface area contributed by atoms with Gasteiger partial charge in [0.1, 0.15) is 12.7 Å². The van der Waals surface area contributed by atoms with E-state index >= 15 is 0 Å². The molecule has 25 heavy (non-hydrogen) atoms. The molecule has 128 valence electrons.